The highest BCUT2D eigenvalue weighted by atomic mass is 32.1. The van der Waals surface area contributed by atoms with Gasteiger partial charge < -0.3 is 14.8 Å². The fourth-order valence-electron chi connectivity index (χ4n) is 4.38. The highest BCUT2D eigenvalue weighted by Crippen LogP contribution is 2.31. The number of aromatic nitrogens is 1. The molecule has 1 amide bonds. The number of carbonyl (C=O) groups is 1. The second-order valence-corrected chi connectivity index (χ2v) is 9.44. The van der Waals surface area contributed by atoms with Crippen LogP contribution in [0.3, 0.4) is 0 Å². The van der Waals surface area contributed by atoms with Gasteiger partial charge in [-0.3, -0.25) is 14.2 Å². The number of ether oxygens (including phenoxy) is 2. The van der Waals surface area contributed by atoms with Crippen molar-refractivity contribution < 1.29 is 14.3 Å². The van der Waals surface area contributed by atoms with Crippen LogP contribution in [0.2, 0.25) is 0 Å². The van der Waals surface area contributed by atoms with Crippen LogP contribution in [0.15, 0.2) is 99.9 Å². The molecule has 1 aliphatic heterocycles. The molecule has 1 N–H and O–H groups in total. The monoisotopic (exact) mass is 511 g/mol. The molecular formula is C29H25N3O4S. The predicted molar refractivity (Wildman–Crippen MR) is 145 cm³/mol. The molecule has 2 heterocycles. The SMILES string of the molecule is COc1ccc(/C=c2/sc3n(c2=O)[C@@H](c2ccccc2)C(C(=O)Nc2ccccc2)=C(C)N=3)cc1OC. The average molecular weight is 512 g/mol. The summed E-state index contributed by atoms with van der Waals surface area (Å²) in [6.07, 6.45) is 1.80. The number of nitrogens with zero attached hydrogens (tertiary/aromatic N) is 2. The molecule has 1 aliphatic rings. The molecule has 0 saturated heterocycles. The van der Waals surface area contributed by atoms with Crippen LogP contribution in [0.4, 0.5) is 5.69 Å². The van der Waals surface area contributed by atoms with Gasteiger partial charge in [0, 0.05) is 5.69 Å². The molecule has 1 aromatic heterocycles. The van der Waals surface area contributed by atoms with E-state index in [0.717, 1.165) is 11.1 Å². The van der Waals surface area contributed by atoms with Gasteiger partial charge in [-0.2, -0.15) is 0 Å². The number of allylic oxidation sites excluding steroid dienone is 1. The molecule has 0 unspecified atom stereocenters. The van der Waals surface area contributed by atoms with Crippen molar-refractivity contribution in [1.82, 2.24) is 4.57 Å². The van der Waals surface area contributed by atoms with Gasteiger partial charge >= 0.3 is 0 Å². The lowest BCUT2D eigenvalue weighted by Crippen LogP contribution is -2.40. The van der Waals surface area contributed by atoms with E-state index in [1.807, 2.05) is 72.8 Å². The molecule has 0 saturated carbocycles. The van der Waals surface area contributed by atoms with Crippen LogP contribution in [-0.2, 0) is 4.79 Å². The van der Waals surface area contributed by atoms with Crippen LogP contribution in [0, 0.1) is 0 Å². The quantitative estimate of drug-likeness (QED) is 0.426. The number of para-hydroxylation sites is 1. The molecule has 186 valence electrons. The maximum atomic E-state index is 13.8. The lowest BCUT2D eigenvalue weighted by molar-refractivity contribution is -0.113. The minimum absolute atomic E-state index is 0.218. The summed E-state index contributed by atoms with van der Waals surface area (Å²) in [7, 11) is 3.15. The number of carbonyl (C=O) groups excluding carboxylic acids is 1. The van der Waals surface area contributed by atoms with Crippen LogP contribution < -0.4 is 29.7 Å². The topological polar surface area (TPSA) is 81.9 Å². The first-order valence-corrected chi connectivity index (χ1v) is 12.5. The van der Waals surface area contributed by atoms with E-state index in [-0.39, 0.29) is 11.5 Å². The summed E-state index contributed by atoms with van der Waals surface area (Å²) in [6, 6.07) is 23.6. The number of amides is 1. The zero-order valence-electron chi connectivity index (χ0n) is 20.6. The summed E-state index contributed by atoms with van der Waals surface area (Å²) >= 11 is 1.29. The number of rotatable bonds is 6. The molecule has 5 rings (SSSR count). The zero-order chi connectivity index (χ0) is 25.9. The fraction of sp³-hybridized carbons (Fsp3) is 0.138. The zero-order valence-corrected chi connectivity index (χ0v) is 21.4. The van der Waals surface area contributed by atoms with E-state index in [2.05, 4.69) is 10.3 Å². The first-order chi connectivity index (χ1) is 18.0. The number of thiazole rings is 1. The van der Waals surface area contributed by atoms with E-state index >= 15 is 0 Å². The second kappa shape index (κ2) is 10.3. The highest BCUT2D eigenvalue weighted by molar-refractivity contribution is 7.07. The minimum Gasteiger partial charge on any atom is -0.493 e. The predicted octanol–water partition coefficient (Wildman–Crippen LogP) is 3.89. The molecule has 7 nitrogen and oxygen atoms in total. The average Bonchev–Trinajstić information content (AvgIpc) is 3.22. The van der Waals surface area contributed by atoms with Crippen molar-refractivity contribution in [3.8, 4) is 11.5 Å². The smallest absolute Gasteiger partial charge is 0.271 e. The second-order valence-electron chi connectivity index (χ2n) is 8.43. The lowest BCUT2D eigenvalue weighted by atomic mass is 9.95. The van der Waals surface area contributed by atoms with E-state index in [4.69, 9.17) is 9.47 Å². The van der Waals surface area contributed by atoms with Crippen LogP contribution >= 0.6 is 11.3 Å². The Morgan fingerprint density at radius 2 is 1.65 bits per heavy atom. The van der Waals surface area contributed by atoms with Crippen molar-refractivity contribution in [2.75, 3.05) is 19.5 Å². The molecule has 0 radical (unpaired) electrons. The number of benzene rings is 3. The van der Waals surface area contributed by atoms with Crippen LogP contribution in [0.25, 0.3) is 6.08 Å². The molecule has 37 heavy (non-hydrogen) atoms. The normalized spacial score (nSPS) is 15.1. The Labute approximate surface area is 217 Å². The summed E-state index contributed by atoms with van der Waals surface area (Å²) < 4.78 is 12.8. The van der Waals surface area contributed by atoms with Crippen molar-refractivity contribution in [2.24, 2.45) is 4.99 Å². The van der Waals surface area contributed by atoms with Gasteiger partial charge in [-0.15, -0.1) is 0 Å². The van der Waals surface area contributed by atoms with Crippen molar-refractivity contribution in [2.45, 2.75) is 13.0 Å². The minimum atomic E-state index is -0.617. The number of fused-ring (bicyclic) bond motifs is 1. The molecule has 1 atom stereocenters. The number of nitrogens with one attached hydrogen (secondary N) is 1. The summed E-state index contributed by atoms with van der Waals surface area (Å²) in [6.45, 7) is 1.81. The molecule has 3 aromatic carbocycles. The van der Waals surface area contributed by atoms with Gasteiger partial charge in [0.25, 0.3) is 11.5 Å². The van der Waals surface area contributed by atoms with Gasteiger partial charge in [-0.05, 0) is 48.4 Å². The van der Waals surface area contributed by atoms with E-state index in [9.17, 15) is 9.59 Å². The van der Waals surface area contributed by atoms with Crippen molar-refractivity contribution in [3.05, 3.63) is 121 Å². The van der Waals surface area contributed by atoms with E-state index in [1.54, 1.807) is 37.9 Å². The number of hydrogen-bond donors (Lipinski definition) is 1. The number of methoxy groups -OCH3 is 2. The number of hydrogen-bond acceptors (Lipinski definition) is 6. The van der Waals surface area contributed by atoms with Gasteiger partial charge in [0.1, 0.15) is 0 Å². The maximum absolute atomic E-state index is 13.8. The number of anilines is 1. The molecule has 0 aliphatic carbocycles. The third kappa shape index (κ3) is 4.71. The fourth-order valence-corrected chi connectivity index (χ4v) is 5.42. The van der Waals surface area contributed by atoms with Gasteiger partial charge in [0.05, 0.1) is 36.1 Å². The van der Waals surface area contributed by atoms with Crippen LogP contribution in [-0.4, -0.2) is 24.7 Å². The van der Waals surface area contributed by atoms with Crippen LogP contribution in [0.1, 0.15) is 24.1 Å². The van der Waals surface area contributed by atoms with Crippen molar-refractivity contribution in [1.29, 1.82) is 0 Å². The van der Waals surface area contributed by atoms with Gasteiger partial charge in [0.2, 0.25) is 0 Å². The third-order valence-electron chi connectivity index (χ3n) is 6.12. The Hall–Kier alpha value is -4.43. The maximum Gasteiger partial charge on any atom is 0.271 e. The summed E-state index contributed by atoms with van der Waals surface area (Å²) in [4.78, 5) is 32.5. The van der Waals surface area contributed by atoms with Gasteiger partial charge in [-0.1, -0.05) is 65.9 Å². The standard InChI is InChI=1S/C29H25N3O4S/c1-18-25(27(33)31-21-12-8-5-9-13-21)26(20-10-6-4-7-11-20)32-28(34)24(37-29(32)30-18)17-19-14-15-22(35-2)23(16-19)36-3/h4-17,26H,1-3H3,(H,31,33)/b24-17+/t26-/m0/s1. The van der Waals surface area contributed by atoms with Crippen LogP contribution in [0.5, 0.6) is 11.5 Å². The van der Waals surface area contributed by atoms with Crippen molar-refractivity contribution >= 4 is 29.0 Å². The molecule has 4 aromatic rings. The summed E-state index contributed by atoms with van der Waals surface area (Å²) in [5, 5.41) is 2.96. The van der Waals surface area contributed by atoms with Gasteiger partial charge in [-0.25, -0.2) is 4.99 Å². The van der Waals surface area contributed by atoms with Gasteiger partial charge in [0.15, 0.2) is 16.3 Å². The first-order valence-electron chi connectivity index (χ1n) is 11.7. The van der Waals surface area contributed by atoms with E-state index < -0.39 is 6.04 Å². The largest absolute Gasteiger partial charge is 0.493 e. The third-order valence-corrected chi connectivity index (χ3v) is 7.10. The van der Waals surface area contributed by atoms with E-state index in [1.165, 1.54) is 11.3 Å². The molecule has 0 spiro atoms. The summed E-state index contributed by atoms with van der Waals surface area (Å²) in [5.41, 5.74) is 3.07. The molecule has 8 heteroatoms. The highest BCUT2D eigenvalue weighted by Gasteiger charge is 2.32. The van der Waals surface area contributed by atoms with Crippen molar-refractivity contribution in [3.63, 3.8) is 0 Å². The molecular weight excluding hydrogens is 486 g/mol. The Kier molecular flexibility index (Phi) is 6.74. The Morgan fingerprint density at radius 3 is 2.32 bits per heavy atom. The summed E-state index contributed by atoms with van der Waals surface area (Å²) in [5.74, 6) is 0.882. The Morgan fingerprint density at radius 1 is 0.973 bits per heavy atom. The first kappa shape index (κ1) is 24.3. The molecule has 0 fully saturated rings. The molecule has 0 bridgehead atoms. The lowest BCUT2D eigenvalue weighted by Gasteiger charge is -2.25. The Bertz CT molecular complexity index is 1670. The van der Waals surface area contributed by atoms with E-state index in [0.29, 0.717) is 37.8 Å². The Balaban J connectivity index is 1.65.